The SMILES string of the molecule is CCC(C)C(NC(=O)C(CC(C)C)NC(=O)OCc1ccccc1)C(=O)C(=O)NC(Cc1cnc[nH]1)C(=O)NC(Cc1ccc2ccccc2c1)C(N)=O. The summed E-state index contributed by atoms with van der Waals surface area (Å²) in [5.74, 6) is -4.85. The Morgan fingerprint density at radius 1 is 0.759 bits per heavy atom. The monoisotopic (exact) mass is 739 g/mol. The molecule has 286 valence electrons. The second-order valence-electron chi connectivity index (χ2n) is 13.8. The number of alkyl carbamates (subject to hydrolysis) is 1. The Kier molecular flexibility index (Phi) is 14.8. The molecule has 7 N–H and O–H groups in total. The molecule has 0 spiro atoms. The third-order valence-corrected chi connectivity index (χ3v) is 9.06. The van der Waals surface area contributed by atoms with Crippen LogP contribution in [0, 0.1) is 11.8 Å². The summed E-state index contributed by atoms with van der Waals surface area (Å²) in [6.45, 7) is 7.24. The maximum atomic E-state index is 13.8. The van der Waals surface area contributed by atoms with Crippen molar-refractivity contribution in [1.82, 2.24) is 31.2 Å². The number of carbonyl (C=O) groups is 6. The highest BCUT2D eigenvalue weighted by molar-refractivity contribution is 6.39. The van der Waals surface area contributed by atoms with Crippen molar-refractivity contribution in [3.63, 3.8) is 0 Å². The van der Waals surface area contributed by atoms with Crippen molar-refractivity contribution in [2.24, 2.45) is 17.6 Å². The van der Waals surface area contributed by atoms with E-state index in [2.05, 4.69) is 31.2 Å². The standard InChI is InChI=1S/C40H49N7O7/c1-5-25(4)34(47-38(51)32(17-24(2)3)46-40(53)54-22-26-11-7-6-8-12-26)35(48)39(52)45-33(20-30-21-42-23-43-30)37(50)44-31(36(41)49)19-27-15-16-28-13-9-10-14-29(28)18-27/h6-16,18,21,23-25,31-34H,5,17,19-20,22H2,1-4H3,(H2,41,49)(H,42,43)(H,44,50)(H,45,52)(H,46,53)(H,47,51). The molecule has 0 saturated carbocycles. The Bertz CT molecular complexity index is 1900. The number of rotatable bonds is 19. The molecule has 0 saturated heterocycles. The number of fused-ring (bicyclic) bond motifs is 1. The summed E-state index contributed by atoms with van der Waals surface area (Å²) in [4.78, 5) is 86.8. The van der Waals surface area contributed by atoms with Gasteiger partial charge in [-0.25, -0.2) is 9.78 Å². The van der Waals surface area contributed by atoms with Gasteiger partial charge in [-0.2, -0.15) is 0 Å². The number of benzene rings is 3. The quantitative estimate of drug-likeness (QED) is 0.0784. The molecular formula is C40H49N7O7. The molecule has 5 amide bonds. The average Bonchev–Trinajstić information content (AvgIpc) is 3.68. The first-order valence-electron chi connectivity index (χ1n) is 18.0. The predicted molar refractivity (Wildman–Crippen MR) is 202 cm³/mol. The molecule has 14 heteroatoms. The molecule has 5 unspecified atom stereocenters. The van der Waals surface area contributed by atoms with Crippen LogP contribution in [-0.4, -0.2) is 69.6 Å². The van der Waals surface area contributed by atoms with E-state index in [4.69, 9.17) is 10.5 Å². The number of nitrogens with one attached hydrogen (secondary N) is 5. The number of carbonyl (C=O) groups excluding carboxylic acids is 6. The van der Waals surface area contributed by atoms with Crippen LogP contribution >= 0.6 is 0 Å². The zero-order chi connectivity index (χ0) is 39.2. The summed E-state index contributed by atoms with van der Waals surface area (Å²) >= 11 is 0. The molecule has 0 fully saturated rings. The van der Waals surface area contributed by atoms with Crippen LogP contribution < -0.4 is 27.0 Å². The van der Waals surface area contributed by atoms with E-state index in [0.29, 0.717) is 12.1 Å². The zero-order valence-electron chi connectivity index (χ0n) is 31.0. The van der Waals surface area contributed by atoms with Crippen molar-refractivity contribution >= 4 is 46.3 Å². The van der Waals surface area contributed by atoms with Gasteiger partial charge >= 0.3 is 6.09 Å². The number of nitrogens with two attached hydrogens (primary N) is 1. The molecule has 4 rings (SSSR count). The first kappa shape index (κ1) is 40.7. The Morgan fingerprint density at radius 3 is 2.09 bits per heavy atom. The maximum absolute atomic E-state index is 13.8. The molecule has 0 aliphatic heterocycles. The number of hydrogen-bond acceptors (Lipinski definition) is 8. The van der Waals surface area contributed by atoms with Gasteiger partial charge in [-0.3, -0.25) is 24.0 Å². The highest BCUT2D eigenvalue weighted by Crippen LogP contribution is 2.17. The Morgan fingerprint density at radius 2 is 1.44 bits per heavy atom. The number of ketones is 1. The van der Waals surface area contributed by atoms with Crippen LogP contribution in [-0.2, 0) is 48.2 Å². The normalized spacial score (nSPS) is 13.9. The summed E-state index contributed by atoms with van der Waals surface area (Å²) < 4.78 is 5.32. The minimum atomic E-state index is -1.33. The minimum absolute atomic E-state index is 0.00619. The van der Waals surface area contributed by atoms with Gasteiger partial charge in [0.15, 0.2) is 0 Å². The largest absolute Gasteiger partial charge is 0.445 e. The number of aromatic nitrogens is 2. The number of H-pyrrole nitrogens is 1. The van der Waals surface area contributed by atoms with Gasteiger partial charge in [0, 0.05) is 24.7 Å². The molecular weight excluding hydrogens is 690 g/mol. The third-order valence-electron chi connectivity index (χ3n) is 9.06. The third kappa shape index (κ3) is 12.0. The molecule has 5 atom stereocenters. The summed E-state index contributed by atoms with van der Waals surface area (Å²) in [7, 11) is 0. The van der Waals surface area contributed by atoms with E-state index in [9.17, 15) is 28.8 Å². The molecule has 1 aromatic heterocycles. The molecule has 54 heavy (non-hydrogen) atoms. The average molecular weight is 740 g/mol. The van der Waals surface area contributed by atoms with Gasteiger partial charge in [0.05, 0.1) is 12.4 Å². The van der Waals surface area contributed by atoms with Crippen LogP contribution in [0.1, 0.15) is 57.4 Å². The fourth-order valence-electron chi connectivity index (χ4n) is 5.86. The van der Waals surface area contributed by atoms with E-state index in [1.165, 1.54) is 12.5 Å². The first-order chi connectivity index (χ1) is 25.8. The van der Waals surface area contributed by atoms with Crippen LogP contribution in [0.25, 0.3) is 10.8 Å². The topological polar surface area (TPSA) is 214 Å². The van der Waals surface area contributed by atoms with Gasteiger partial charge < -0.3 is 36.7 Å². The number of Topliss-reactive ketones (excluding diaryl/α,β-unsaturated/α-hetero) is 1. The van der Waals surface area contributed by atoms with Gasteiger partial charge in [0.2, 0.25) is 23.5 Å². The van der Waals surface area contributed by atoms with Crippen molar-refractivity contribution in [1.29, 1.82) is 0 Å². The highest BCUT2D eigenvalue weighted by atomic mass is 16.5. The molecule has 4 aromatic rings. The van der Waals surface area contributed by atoms with E-state index in [1.807, 2.05) is 74.5 Å². The molecule has 0 aliphatic carbocycles. The maximum Gasteiger partial charge on any atom is 0.408 e. The molecule has 0 radical (unpaired) electrons. The second-order valence-corrected chi connectivity index (χ2v) is 13.8. The van der Waals surface area contributed by atoms with E-state index in [1.54, 1.807) is 26.0 Å². The highest BCUT2D eigenvalue weighted by Gasteiger charge is 2.36. The predicted octanol–water partition coefficient (Wildman–Crippen LogP) is 3.24. The molecule has 1 heterocycles. The lowest BCUT2D eigenvalue weighted by Crippen LogP contribution is -2.59. The van der Waals surface area contributed by atoms with Gasteiger partial charge in [-0.05, 0) is 40.2 Å². The van der Waals surface area contributed by atoms with E-state index < -0.39 is 65.6 Å². The van der Waals surface area contributed by atoms with Crippen LogP contribution in [0.15, 0.2) is 85.3 Å². The Balaban J connectivity index is 1.47. The van der Waals surface area contributed by atoms with Crippen LogP contribution in [0.2, 0.25) is 0 Å². The van der Waals surface area contributed by atoms with Crippen LogP contribution in [0.4, 0.5) is 4.79 Å². The lowest BCUT2D eigenvalue weighted by atomic mass is 9.93. The van der Waals surface area contributed by atoms with Gasteiger partial charge in [-0.1, -0.05) is 107 Å². The summed E-state index contributed by atoms with van der Waals surface area (Å²) in [6.07, 6.45) is 2.68. The Hall–Kier alpha value is -6.05. The van der Waals surface area contributed by atoms with Crippen molar-refractivity contribution in [3.05, 3.63) is 102 Å². The number of primary amides is 1. The Labute approximate surface area is 314 Å². The van der Waals surface area contributed by atoms with Crippen molar-refractivity contribution in [2.75, 3.05) is 0 Å². The minimum Gasteiger partial charge on any atom is -0.445 e. The number of ether oxygens (including phenoxy) is 1. The van der Waals surface area contributed by atoms with E-state index in [-0.39, 0.29) is 31.8 Å². The van der Waals surface area contributed by atoms with Gasteiger partial charge in [0.1, 0.15) is 24.7 Å². The van der Waals surface area contributed by atoms with Crippen LogP contribution in [0.3, 0.4) is 0 Å². The summed E-state index contributed by atoms with van der Waals surface area (Å²) in [5.41, 5.74) is 7.70. The van der Waals surface area contributed by atoms with E-state index in [0.717, 1.165) is 21.9 Å². The van der Waals surface area contributed by atoms with Gasteiger partial charge in [-0.15, -0.1) is 0 Å². The number of amides is 5. The number of hydrogen-bond donors (Lipinski definition) is 6. The zero-order valence-corrected chi connectivity index (χ0v) is 31.0. The molecule has 3 aromatic carbocycles. The smallest absolute Gasteiger partial charge is 0.408 e. The lowest BCUT2D eigenvalue weighted by Gasteiger charge is -2.27. The fraction of sp³-hybridized carbons (Fsp3) is 0.375. The summed E-state index contributed by atoms with van der Waals surface area (Å²) in [5, 5.41) is 12.4. The van der Waals surface area contributed by atoms with Crippen molar-refractivity contribution < 1.29 is 33.5 Å². The van der Waals surface area contributed by atoms with E-state index >= 15 is 0 Å². The first-order valence-corrected chi connectivity index (χ1v) is 18.0. The fourth-order valence-corrected chi connectivity index (χ4v) is 5.86. The molecule has 0 bridgehead atoms. The number of aromatic amines is 1. The van der Waals surface area contributed by atoms with Crippen molar-refractivity contribution in [2.45, 2.75) is 84.2 Å². The molecule has 14 nitrogen and oxygen atoms in total. The lowest BCUT2D eigenvalue weighted by molar-refractivity contribution is -0.142. The molecule has 0 aliphatic rings. The van der Waals surface area contributed by atoms with Crippen molar-refractivity contribution in [3.8, 4) is 0 Å². The number of nitrogens with zero attached hydrogens (tertiary/aromatic N) is 1. The number of imidazole rings is 1. The van der Waals surface area contributed by atoms with Crippen LogP contribution in [0.5, 0.6) is 0 Å². The van der Waals surface area contributed by atoms with Gasteiger partial charge in [0.25, 0.3) is 5.91 Å². The summed E-state index contributed by atoms with van der Waals surface area (Å²) in [6, 6.07) is 17.6. The second kappa shape index (κ2) is 19.7.